The Morgan fingerprint density at radius 2 is 1.74 bits per heavy atom. The normalized spacial score (nSPS) is 17.4. The molecule has 0 aliphatic carbocycles. The van der Waals surface area contributed by atoms with E-state index in [0.29, 0.717) is 42.5 Å². The van der Waals surface area contributed by atoms with Crippen LogP contribution < -0.4 is 4.74 Å². The van der Waals surface area contributed by atoms with Crippen molar-refractivity contribution < 1.29 is 23.8 Å². The molecule has 4 rings (SSSR count). The van der Waals surface area contributed by atoms with Gasteiger partial charge in [0.2, 0.25) is 0 Å². The minimum atomic E-state index is -0.791. The average Bonchev–Trinajstić information content (AvgIpc) is 3.37. The summed E-state index contributed by atoms with van der Waals surface area (Å²) in [4.78, 5) is 29.3. The number of ether oxygens (including phenoxy) is 1. The number of carbonyl (C=O) groups excluding carboxylic acids is 2. The van der Waals surface area contributed by atoms with E-state index in [2.05, 4.69) is 0 Å². The Morgan fingerprint density at radius 3 is 2.37 bits per heavy atom. The molecule has 0 spiro atoms. The van der Waals surface area contributed by atoms with Crippen molar-refractivity contribution in [2.75, 3.05) is 27.2 Å². The highest BCUT2D eigenvalue weighted by Gasteiger charge is 2.47. The Kier molecular flexibility index (Phi) is 7.07. The van der Waals surface area contributed by atoms with Crippen molar-refractivity contribution >= 4 is 17.4 Å². The highest BCUT2D eigenvalue weighted by molar-refractivity contribution is 6.46. The fourth-order valence-electron chi connectivity index (χ4n) is 4.11. The third kappa shape index (κ3) is 5.15. The van der Waals surface area contributed by atoms with E-state index in [0.717, 1.165) is 11.1 Å². The molecule has 1 atom stereocenters. The molecular weight excluding hydrogens is 444 g/mol. The second kappa shape index (κ2) is 10.2. The van der Waals surface area contributed by atoms with E-state index in [1.54, 1.807) is 43.3 Å². The molecular formula is C28H30N2O5. The number of amides is 1. The highest BCUT2D eigenvalue weighted by Crippen LogP contribution is 2.40. The van der Waals surface area contributed by atoms with Crippen LogP contribution in [0.5, 0.6) is 5.75 Å². The fourth-order valence-corrected chi connectivity index (χ4v) is 4.11. The lowest BCUT2D eigenvalue weighted by atomic mass is 9.99. The third-order valence-electron chi connectivity index (χ3n) is 6.14. The molecule has 1 unspecified atom stereocenters. The van der Waals surface area contributed by atoms with Gasteiger partial charge in [-0.25, -0.2) is 0 Å². The predicted octanol–water partition coefficient (Wildman–Crippen LogP) is 4.46. The smallest absolute Gasteiger partial charge is 0.295 e. The van der Waals surface area contributed by atoms with Gasteiger partial charge in [0.1, 0.15) is 35.7 Å². The van der Waals surface area contributed by atoms with Gasteiger partial charge in [0.25, 0.3) is 11.7 Å². The molecule has 182 valence electrons. The van der Waals surface area contributed by atoms with Crippen molar-refractivity contribution in [3.8, 4) is 5.75 Å². The van der Waals surface area contributed by atoms with Crippen molar-refractivity contribution in [1.82, 2.24) is 9.80 Å². The molecule has 0 radical (unpaired) electrons. The highest BCUT2D eigenvalue weighted by atomic mass is 16.5. The van der Waals surface area contributed by atoms with Gasteiger partial charge < -0.3 is 24.1 Å². The lowest BCUT2D eigenvalue weighted by Gasteiger charge is -2.24. The lowest BCUT2D eigenvalue weighted by molar-refractivity contribution is -0.140. The molecule has 2 aromatic carbocycles. The van der Waals surface area contributed by atoms with Crippen molar-refractivity contribution in [2.45, 2.75) is 26.5 Å². The van der Waals surface area contributed by atoms with Crippen LogP contribution in [0.3, 0.4) is 0 Å². The Hall–Kier alpha value is -3.84. The number of nitrogens with zero attached hydrogens (tertiary/aromatic N) is 2. The van der Waals surface area contributed by atoms with Crippen LogP contribution in [-0.2, 0) is 16.2 Å². The van der Waals surface area contributed by atoms with Crippen LogP contribution in [0.25, 0.3) is 5.76 Å². The molecule has 1 fully saturated rings. The first-order valence-corrected chi connectivity index (χ1v) is 11.5. The zero-order valence-electron chi connectivity index (χ0n) is 20.4. The number of hydrogen-bond donors (Lipinski definition) is 1. The minimum absolute atomic E-state index is 0.0247. The number of likely N-dealkylation sites (tertiary alicyclic amines) is 1. The maximum absolute atomic E-state index is 13.0. The maximum Gasteiger partial charge on any atom is 0.295 e. The van der Waals surface area contributed by atoms with Crippen molar-refractivity contribution in [2.24, 2.45) is 0 Å². The van der Waals surface area contributed by atoms with Crippen molar-refractivity contribution in [1.29, 1.82) is 0 Å². The molecule has 3 aromatic rings. The molecule has 1 aliphatic heterocycles. The molecule has 1 aliphatic rings. The van der Waals surface area contributed by atoms with Gasteiger partial charge in [-0.3, -0.25) is 9.59 Å². The Morgan fingerprint density at radius 1 is 1.03 bits per heavy atom. The van der Waals surface area contributed by atoms with Gasteiger partial charge in [-0.2, -0.15) is 0 Å². The number of aliphatic hydroxyl groups excluding tert-OH is 1. The van der Waals surface area contributed by atoms with Gasteiger partial charge in [0.05, 0.1) is 5.57 Å². The number of benzene rings is 2. The summed E-state index contributed by atoms with van der Waals surface area (Å²) in [5.41, 5.74) is 2.68. The number of Topliss-reactive ketones (excluding diaryl/α,β-unsaturated/α-hetero) is 1. The molecule has 7 heteroatoms. The standard InChI is InChI=1S/C28H30N2O5/c1-18-7-5-6-8-21(18)17-34-22-12-10-20(11-13-22)26(31)24-25(23-14-9-19(2)35-23)30(16-15-29(3)4)28(33)27(24)32/h5-14,25,31H,15-17H2,1-4H3/b26-24+. The molecule has 2 heterocycles. The van der Waals surface area contributed by atoms with E-state index in [1.165, 1.54) is 4.90 Å². The summed E-state index contributed by atoms with van der Waals surface area (Å²) in [6, 6.07) is 17.6. The van der Waals surface area contributed by atoms with E-state index in [1.807, 2.05) is 50.2 Å². The fraction of sp³-hybridized carbons (Fsp3) is 0.286. The predicted molar refractivity (Wildman–Crippen MR) is 133 cm³/mol. The first-order valence-electron chi connectivity index (χ1n) is 11.5. The van der Waals surface area contributed by atoms with Crippen molar-refractivity contribution in [3.63, 3.8) is 0 Å². The molecule has 0 bridgehead atoms. The summed E-state index contributed by atoms with van der Waals surface area (Å²) in [6.07, 6.45) is 0. The van der Waals surface area contributed by atoms with E-state index in [4.69, 9.17) is 9.15 Å². The molecule has 1 N–H and O–H groups in total. The number of aryl methyl sites for hydroxylation is 2. The topological polar surface area (TPSA) is 83.2 Å². The van der Waals surface area contributed by atoms with Crippen LogP contribution in [0.1, 0.15) is 34.3 Å². The van der Waals surface area contributed by atoms with E-state index >= 15 is 0 Å². The lowest BCUT2D eigenvalue weighted by Crippen LogP contribution is -2.35. The van der Waals surface area contributed by atoms with Gasteiger partial charge in [0.15, 0.2) is 0 Å². The summed E-state index contributed by atoms with van der Waals surface area (Å²) in [5.74, 6) is 0.133. The Bertz CT molecular complexity index is 1260. The zero-order chi connectivity index (χ0) is 25.1. The van der Waals surface area contributed by atoms with E-state index < -0.39 is 17.7 Å². The molecule has 1 aromatic heterocycles. The largest absolute Gasteiger partial charge is 0.507 e. The third-order valence-corrected chi connectivity index (χ3v) is 6.14. The molecule has 35 heavy (non-hydrogen) atoms. The number of carbonyl (C=O) groups is 2. The first kappa shape index (κ1) is 24.3. The van der Waals surface area contributed by atoms with Crippen LogP contribution >= 0.6 is 0 Å². The van der Waals surface area contributed by atoms with Gasteiger partial charge in [-0.15, -0.1) is 0 Å². The maximum atomic E-state index is 13.0. The quantitative estimate of drug-likeness (QED) is 0.295. The number of aliphatic hydroxyl groups is 1. The molecule has 0 saturated carbocycles. The van der Waals surface area contributed by atoms with Gasteiger partial charge >= 0.3 is 0 Å². The number of ketones is 1. The average molecular weight is 475 g/mol. The van der Waals surface area contributed by atoms with Crippen LogP contribution in [0, 0.1) is 13.8 Å². The van der Waals surface area contributed by atoms with Crippen LogP contribution in [0.15, 0.2) is 70.7 Å². The van der Waals surface area contributed by atoms with Crippen LogP contribution in [-0.4, -0.2) is 53.8 Å². The van der Waals surface area contributed by atoms with E-state index in [9.17, 15) is 14.7 Å². The van der Waals surface area contributed by atoms with Gasteiger partial charge in [-0.1, -0.05) is 24.3 Å². The summed E-state index contributed by atoms with van der Waals surface area (Å²) in [5, 5.41) is 11.2. The monoisotopic (exact) mass is 474 g/mol. The molecule has 1 amide bonds. The van der Waals surface area contributed by atoms with Gasteiger partial charge in [-0.05, 0) is 75.5 Å². The number of likely N-dealkylation sites (N-methyl/N-ethyl adjacent to an activating group) is 1. The Labute approximate surface area is 205 Å². The first-order chi connectivity index (χ1) is 16.8. The van der Waals surface area contributed by atoms with E-state index in [-0.39, 0.29) is 11.3 Å². The van der Waals surface area contributed by atoms with Crippen molar-refractivity contribution in [3.05, 3.63) is 94.4 Å². The zero-order valence-corrected chi connectivity index (χ0v) is 20.4. The summed E-state index contributed by atoms with van der Waals surface area (Å²) in [7, 11) is 3.79. The summed E-state index contributed by atoms with van der Waals surface area (Å²) >= 11 is 0. The second-order valence-corrected chi connectivity index (χ2v) is 8.98. The Balaban J connectivity index is 1.63. The van der Waals surface area contributed by atoms with Crippen LogP contribution in [0.4, 0.5) is 0 Å². The second-order valence-electron chi connectivity index (χ2n) is 8.98. The number of rotatable bonds is 8. The molecule has 1 saturated heterocycles. The SMILES string of the molecule is Cc1ccc(C2/C(=C(\O)c3ccc(OCc4ccccc4C)cc3)C(=O)C(=O)N2CCN(C)C)o1. The van der Waals surface area contributed by atoms with Gasteiger partial charge in [0, 0.05) is 18.7 Å². The number of hydrogen-bond acceptors (Lipinski definition) is 6. The summed E-state index contributed by atoms with van der Waals surface area (Å²) < 4.78 is 11.7. The summed E-state index contributed by atoms with van der Waals surface area (Å²) in [6.45, 7) is 5.14. The molecule has 7 nitrogen and oxygen atoms in total. The number of furan rings is 1. The van der Waals surface area contributed by atoms with Crippen LogP contribution in [0.2, 0.25) is 0 Å². The minimum Gasteiger partial charge on any atom is -0.507 e.